The molecule has 1 fully saturated rings. The molecule has 3 heteroatoms. The zero-order valence-electron chi connectivity index (χ0n) is 9.16. The van der Waals surface area contributed by atoms with E-state index >= 15 is 0 Å². The third-order valence-electron chi connectivity index (χ3n) is 3.43. The van der Waals surface area contributed by atoms with Gasteiger partial charge in [0.25, 0.3) is 0 Å². The average molecular weight is 203 g/mol. The summed E-state index contributed by atoms with van der Waals surface area (Å²) >= 11 is 0. The highest BCUT2D eigenvalue weighted by atomic mass is 14.9. The molecule has 1 unspecified atom stereocenters. The second kappa shape index (κ2) is 3.27. The van der Waals surface area contributed by atoms with Gasteiger partial charge in [0.05, 0.1) is 5.69 Å². The van der Waals surface area contributed by atoms with Gasteiger partial charge in [0.2, 0.25) is 0 Å². The highest BCUT2D eigenvalue weighted by Gasteiger charge is 2.32. The first-order chi connectivity index (χ1) is 7.25. The van der Waals surface area contributed by atoms with E-state index in [1.165, 1.54) is 36.2 Å². The molecule has 0 aromatic carbocycles. The lowest BCUT2D eigenvalue weighted by Gasteiger charge is -2.24. The van der Waals surface area contributed by atoms with Gasteiger partial charge in [-0.1, -0.05) is 0 Å². The molecule has 1 aromatic heterocycles. The molecule has 0 radical (unpaired) electrons. The van der Waals surface area contributed by atoms with Crippen molar-refractivity contribution in [2.45, 2.75) is 51.0 Å². The summed E-state index contributed by atoms with van der Waals surface area (Å²) in [7, 11) is 0. The lowest BCUT2D eigenvalue weighted by Crippen LogP contribution is -2.22. The van der Waals surface area contributed by atoms with Crippen molar-refractivity contribution in [3.05, 3.63) is 22.8 Å². The van der Waals surface area contributed by atoms with Crippen molar-refractivity contribution < 1.29 is 0 Å². The largest absolute Gasteiger partial charge is 0.324 e. The summed E-state index contributed by atoms with van der Waals surface area (Å²) in [6, 6.07) is 0.185. The molecule has 2 aliphatic rings. The van der Waals surface area contributed by atoms with Crippen LogP contribution in [-0.4, -0.2) is 9.97 Å². The maximum atomic E-state index is 6.18. The lowest BCUT2D eigenvalue weighted by atomic mass is 9.89. The highest BCUT2D eigenvalue weighted by Crippen LogP contribution is 2.44. The van der Waals surface area contributed by atoms with Crippen molar-refractivity contribution in [3.63, 3.8) is 0 Å². The Labute approximate surface area is 90.1 Å². The van der Waals surface area contributed by atoms with Gasteiger partial charge >= 0.3 is 0 Å². The second-order valence-electron chi connectivity index (χ2n) is 4.79. The zero-order valence-corrected chi connectivity index (χ0v) is 9.16. The molecule has 3 rings (SSSR count). The topological polar surface area (TPSA) is 51.8 Å². The second-order valence-corrected chi connectivity index (χ2v) is 4.79. The van der Waals surface area contributed by atoms with Crippen LogP contribution in [0.1, 0.15) is 60.4 Å². The first kappa shape index (κ1) is 9.28. The van der Waals surface area contributed by atoms with Gasteiger partial charge in [-0.2, -0.15) is 0 Å². The van der Waals surface area contributed by atoms with Gasteiger partial charge in [0.15, 0.2) is 0 Å². The van der Waals surface area contributed by atoms with Crippen LogP contribution in [0.5, 0.6) is 0 Å². The fourth-order valence-electron chi connectivity index (χ4n) is 2.56. The van der Waals surface area contributed by atoms with Crippen molar-refractivity contribution >= 4 is 0 Å². The number of nitrogens with two attached hydrogens (primary N) is 1. The summed E-state index contributed by atoms with van der Waals surface area (Å²) in [6.07, 6.45) is 5.94. The minimum Gasteiger partial charge on any atom is -0.324 e. The van der Waals surface area contributed by atoms with Gasteiger partial charge in [-0.25, -0.2) is 9.97 Å². The molecular formula is C12H17N3. The van der Waals surface area contributed by atoms with Crippen LogP contribution in [0.15, 0.2) is 0 Å². The number of hydrogen-bond donors (Lipinski definition) is 1. The van der Waals surface area contributed by atoms with Gasteiger partial charge in [0.1, 0.15) is 5.82 Å². The molecule has 0 aliphatic heterocycles. The van der Waals surface area contributed by atoms with Gasteiger partial charge < -0.3 is 5.73 Å². The summed E-state index contributed by atoms with van der Waals surface area (Å²) in [5.41, 5.74) is 9.96. The van der Waals surface area contributed by atoms with Crippen molar-refractivity contribution in [1.82, 2.24) is 9.97 Å². The minimum atomic E-state index is 0.185. The van der Waals surface area contributed by atoms with Crippen LogP contribution in [0.3, 0.4) is 0 Å². The number of aryl methyl sites for hydroxylation is 2. The molecule has 1 saturated carbocycles. The van der Waals surface area contributed by atoms with E-state index in [1.54, 1.807) is 0 Å². The van der Waals surface area contributed by atoms with Crippen LogP contribution in [0, 0.1) is 6.92 Å². The quantitative estimate of drug-likeness (QED) is 0.759. The summed E-state index contributed by atoms with van der Waals surface area (Å²) in [5.74, 6) is 1.61. The monoisotopic (exact) mass is 203 g/mol. The molecule has 3 nitrogen and oxygen atoms in total. The Morgan fingerprint density at radius 1 is 1.20 bits per heavy atom. The molecule has 2 N–H and O–H groups in total. The maximum absolute atomic E-state index is 6.18. The van der Waals surface area contributed by atoms with E-state index in [2.05, 4.69) is 9.97 Å². The summed E-state index contributed by atoms with van der Waals surface area (Å²) in [4.78, 5) is 9.15. The Hall–Kier alpha value is -0.960. The molecule has 0 amide bonds. The van der Waals surface area contributed by atoms with Gasteiger partial charge in [0, 0.05) is 23.2 Å². The molecule has 0 spiro atoms. The number of aromatic nitrogens is 2. The molecule has 0 saturated heterocycles. The van der Waals surface area contributed by atoms with E-state index in [9.17, 15) is 0 Å². The van der Waals surface area contributed by atoms with Gasteiger partial charge in [-0.3, -0.25) is 0 Å². The van der Waals surface area contributed by atoms with Crippen LogP contribution >= 0.6 is 0 Å². The fraction of sp³-hybridized carbons (Fsp3) is 0.667. The molecular weight excluding hydrogens is 186 g/mol. The predicted molar refractivity (Wildman–Crippen MR) is 58.6 cm³/mol. The van der Waals surface area contributed by atoms with E-state index in [-0.39, 0.29) is 6.04 Å². The van der Waals surface area contributed by atoms with E-state index in [1.807, 2.05) is 6.92 Å². The fourth-order valence-corrected chi connectivity index (χ4v) is 2.56. The molecule has 2 aliphatic carbocycles. The van der Waals surface area contributed by atoms with Crippen LogP contribution in [-0.2, 0) is 6.42 Å². The van der Waals surface area contributed by atoms with E-state index in [0.717, 1.165) is 18.7 Å². The normalized spacial score (nSPS) is 25.1. The predicted octanol–water partition coefficient (Wildman–Crippen LogP) is 2.00. The molecule has 1 aromatic rings. The van der Waals surface area contributed by atoms with Crippen LogP contribution < -0.4 is 5.73 Å². The summed E-state index contributed by atoms with van der Waals surface area (Å²) in [5, 5.41) is 0. The average Bonchev–Trinajstić information content (AvgIpc) is 2.99. The SMILES string of the molecule is Cc1nc2c(c(C3CC3)n1)C(N)CCC2. The minimum absolute atomic E-state index is 0.185. The molecule has 1 atom stereocenters. The third kappa shape index (κ3) is 1.55. The number of rotatable bonds is 1. The Balaban J connectivity index is 2.15. The number of nitrogens with zero attached hydrogens (tertiary/aromatic N) is 2. The third-order valence-corrected chi connectivity index (χ3v) is 3.43. The molecule has 15 heavy (non-hydrogen) atoms. The van der Waals surface area contributed by atoms with Crippen molar-refractivity contribution in [2.24, 2.45) is 5.73 Å². The first-order valence-corrected chi connectivity index (χ1v) is 5.88. The lowest BCUT2D eigenvalue weighted by molar-refractivity contribution is 0.546. The van der Waals surface area contributed by atoms with Gasteiger partial charge in [-0.15, -0.1) is 0 Å². The highest BCUT2D eigenvalue weighted by molar-refractivity contribution is 5.35. The Morgan fingerprint density at radius 3 is 2.73 bits per heavy atom. The smallest absolute Gasteiger partial charge is 0.125 e. The van der Waals surface area contributed by atoms with Crippen molar-refractivity contribution in [2.75, 3.05) is 0 Å². The van der Waals surface area contributed by atoms with E-state index < -0.39 is 0 Å². The standard InChI is InChI=1S/C12H17N3/c1-7-14-10-4-2-3-9(13)11(10)12(15-7)8-5-6-8/h8-9H,2-6,13H2,1H3. The molecule has 80 valence electrons. The van der Waals surface area contributed by atoms with E-state index in [0.29, 0.717) is 5.92 Å². The van der Waals surface area contributed by atoms with Gasteiger partial charge in [-0.05, 0) is 39.0 Å². The summed E-state index contributed by atoms with van der Waals surface area (Å²) in [6.45, 7) is 1.99. The van der Waals surface area contributed by atoms with Crippen LogP contribution in [0.4, 0.5) is 0 Å². The number of hydrogen-bond acceptors (Lipinski definition) is 3. The van der Waals surface area contributed by atoms with Crippen LogP contribution in [0.25, 0.3) is 0 Å². The zero-order chi connectivity index (χ0) is 10.4. The van der Waals surface area contributed by atoms with Crippen molar-refractivity contribution in [1.29, 1.82) is 0 Å². The number of fused-ring (bicyclic) bond motifs is 1. The molecule has 0 bridgehead atoms. The van der Waals surface area contributed by atoms with Crippen LogP contribution in [0.2, 0.25) is 0 Å². The first-order valence-electron chi connectivity index (χ1n) is 5.88. The van der Waals surface area contributed by atoms with E-state index in [4.69, 9.17) is 5.73 Å². The summed E-state index contributed by atoms with van der Waals surface area (Å²) < 4.78 is 0. The van der Waals surface area contributed by atoms with Crippen molar-refractivity contribution in [3.8, 4) is 0 Å². The molecule has 1 heterocycles. The Morgan fingerprint density at radius 2 is 2.00 bits per heavy atom. The Bertz CT molecular complexity index is 396. The Kier molecular flexibility index (Phi) is 2.02. The maximum Gasteiger partial charge on any atom is 0.125 e.